The van der Waals surface area contributed by atoms with Crippen molar-refractivity contribution in [1.29, 1.82) is 0 Å². The number of nitrogen functional groups attached to an aromatic ring is 1. The van der Waals surface area contributed by atoms with Crippen molar-refractivity contribution in [2.45, 2.75) is 25.3 Å². The van der Waals surface area contributed by atoms with Crippen LogP contribution in [0.15, 0.2) is 36.5 Å². The van der Waals surface area contributed by atoms with E-state index in [1.807, 2.05) is 0 Å². The van der Waals surface area contributed by atoms with E-state index in [0.717, 1.165) is 19.3 Å². The molecule has 0 aliphatic heterocycles. The molecular weight excluding hydrogens is 264 g/mol. The Bertz CT molecular complexity index is 684. The Morgan fingerprint density at radius 3 is 2.81 bits per heavy atom. The van der Waals surface area contributed by atoms with E-state index in [0.29, 0.717) is 23.1 Å². The Morgan fingerprint density at radius 1 is 1.29 bits per heavy atom. The van der Waals surface area contributed by atoms with E-state index in [1.54, 1.807) is 6.07 Å². The molecule has 1 unspecified atom stereocenters. The molecule has 3 rings (SSSR count). The Balaban J connectivity index is 1.76. The number of aryl methyl sites for hydroxylation is 1. The summed E-state index contributed by atoms with van der Waals surface area (Å²) in [5.74, 6) is 0.106. The van der Waals surface area contributed by atoms with Gasteiger partial charge in [-0.3, -0.25) is 4.79 Å². The van der Waals surface area contributed by atoms with E-state index in [2.05, 4.69) is 34.6 Å². The van der Waals surface area contributed by atoms with Crippen LogP contribution in [0.2, 0.25) is 0 Å². The fourth-order valence-corrected chi connectivity index (χ4v) is 2.79. The van der Waals surface area contributed by atoms with Crippen LogP contribution in [-0.4, -0.2) is 16.9 Å². The lowest BCUT2D eigenvalue weighted by Gasteiger charge is -2.26. The van der Waals surface area contributed by atoms with Crippen LogP contribution in [0, 0.1) is 0 Å². The molecule has 1 atom stereocenters. The highest BCUT2D eigenvalue weighted by atomic mass is 16.1. The number of primary amides is 1. The van der Waals surface area contributed by atoms with Gasteiger partial charge in [-0.05, 0) is 36.5 Å². The van der Waals surface area contributed by atoms with Crippen LogP contribution in [0.3, 0.4) is 0 Å². The van der Waals surface area contributed by atoms with Crippen LogP contribution in [0.1, 0.15) is 27.9 Å². The molecule has 1 amide bonds. The van der Waals surface area contributed by atoms with Crippen LogP contribution < -0.4 is 16.8 Å². The second-order valence-corrected chi connectivity index (χ2v) is 5.37. The summed E-state index contributed by atoms with van der Waals surface area (Å²) in [5, 5.41) is 3.37. The first-order valence-electron chi connectivity index (χ1n) is 7.02. The van der Waals surface area contributed by atoms with Crippen LogP contribution >= 0.6 is 0 Å². The molecule has 0 spiro atoms. The highest BCUT2D eigenvalue weighted by molar-refractivity contribution is 5.98. The summed E-state index contributed by atoms with van der Waals surface area (Å²) in [6.45, 7) is 0. The largest absolute Gasteiger partial charge is 0.397 e. The molecule has 1 aromatic carbocycles. The number of benzene rings is 1. The fraction of sp³-hybridized carbons (Fsp3) is 0.250. The number of fused-ring (bicyclic) bond motifs is 1. The molecule has 1 heterocycles. The molecule has 108 valence electrons. The predicted molar refractivity (Wildman–Crippen MR) is 83.0 cm³/mol. The van der Waals surface area contributed by atoms with E-state index in [9.17, 15) is 4.79 Å². The lowest BCUT2D eigenvalue weighted by Crippen LogP contribution is -2.28. The lowest BCUT2D eigenvalue weighted by atomic mass is 9.88. The Morgan fingerprint density at radius 2 is 2.05 bits per heavy atom. The van der Waals surface area contributed by atoms with Crippen LogP contribution in [0.5, 0.6) is 0 Å². The minimum Gasteiger partial charge on any atom is -0.397 e. The van der Waals surface area contributed by atoms with Crippen LogP contribution in [0.25, 0.3) is 0 Å². The van der Waals surface area contributed by atoms with Gasteiger partial charge in [-0.25, -0.2) is 4.98 Å². The molecule has 5 nitrogen and oxygen atoms in total. The Labute approximate surface area is 123 Å². The maximum absolute atomic E-state index is 11.3. The third-order valence-electron chi connectivity index (χ3n) is 3.90. The number of carbonyl (C=O) groups excluding carboxylic acids is 1. The van der Waals surface area contributed by atoms with Gasteiger partial charge in [0.2, 0.25) is 0 Å². The number of anilines is 2. The molecule has 0 radical (unpaired) electrons. The minimum atomic E-state index is -0.535. The summed E-state index contributed by atoms with van der Waals surface area (Å²) in [4.78, 5) is 15.5. The summed E-state index contributed by atoms with van der Waals surface area (Å²) in [6.07, 6.45) is 4.51. The zero-order valence-corrected chi connectivity index (χ0v) is 11.7. The molecule has 5 heteroatoms. The average molecular weight is 282 g/mol. The van der Waals surface area contributed by atoms with Gasteiger partial charge in [-0.15, -0.1) is 0 Å². The standard InChI is InChI=1S/C16H18N4O/c17-14-9-19-15(8-13(14)16(18)21)20-12-6-5-10-3-1-2-4-11(10)7-12/h1-4,8-9,12H,5-7,17H2,(H2,18,21)(H,19,20). The van der Waals surface area contributed by atoms with E-state index >= 15 is 0 Å². The molecule has 2 aromatic rings. The topological polar surface area (TPSA) is 94.0 Å². The minimum absolute atomic E-state index is 0.303. The summed E-state index contributed by atoms with van der Waals surface area (Å²) in [7, 11) is 0. The zero-order valence-electron chi connectivity index (χ0n) is 11.7. The van der Waals surface area contributed by atoms with E-state index in [4.69, 9.17) is 11.5 Å². The van der Waals surface area contributed by atoms with Crippen molar-refractivity contribution in [1.82, 2.24) is 4.98 Å². The number of nitrogens with one attached hydrogen (secondary N) is 1. The third-order valence-corrected chi connectivity index (χ3v) is 3.90. The molecule has 0 saturated carbocycles. The molecule has 0 saturated heterocycles. The van der Waals surface area contributed by atoms with Gasteiger partial charge in [0.1, 0.15) is 5.82 Å². The first-order valence-corrected chi connectivity index (χ1v) is 7.02. The third kappa shape index (κ3) is 2.81. The van der Waals surface area contributed by atoms with Crippen molar-refractivity contribution in [2.24, 2.45) is 5.73 Å². The van der Waals surface area contributed by atoms with E-state index in [-0.39, 0.29) is 0 Å². The average Bonchev–Trinajstić information content (AvgIpc) is 2.49. The van der Waals surface area contributed by atoms with Crippen molar-refractivity contribution >= 4 is 17.4 Å². The van der Waals surface area contributed by atoms with E-state index < -0.39 is 5.91 Å². The normalized spacial score (nSPS) is 17.0. The summed E-state index contributed by atoms with van der Waals surface area (Å²) in [6, 6.07) is 10.4. The first-order chi connectivity index (χ1) is 10.1. The molecule has 0 fully saturated rings. The summed E-state index contributed by atoms with van der Waals surface area (Å²) >= 11 is 0. The summed E-state index contributed by atoms with van der Waals surface area (Å²) < 4.78 is 0. The van der Waals surface area contributed by atoms with Crippen molar-refractivity contribution in [3.8, 4) is 0 Å². The number of pyridine rings is 1. The summed E-state index contributed by atoms with van der Waals surface area (Å²) in [5.41, 5.74) is 14.4. The zero-order chi connectivity index (χ0) is 14.8. The molecule has 5 N–H and O–H groups in total. The molecule has 1 aliphatic carbocycles. The Kier molecular flexibility index (Phi) is 3.48. The van der Waals surface area contributed by atoms with Gasteiger partial charge >= 0.3 is 0 Å². The van der Waals surface area contributed by atoms with Gasteiger partial charge in [0.15, 0.2) is 0 Å². The first kappa shape index (κ1) is 13.4. The van der Waals surface area contributed by atoms with E-state index in [1.165, 1.54) is 17.3 Å². The highest BCUT2D eigenvalue weighted by Crippen LogP contribution is 2.24. The van der Waals surface area contributed by atoms with Gasteiger partial charge in [-0.2, -0.15) is 0 Å². The Hall–Kier alpha value is -2.56. The van der Waals surface area contributed by atoms with Crippen molar-refractivity contribution in [3.63, 3.8) is 0 Å². The SMILES string of the molecule is NC(=O)c1cc(NC2CCc3ccccc3C2)ncc1N. The maximum Gasteiger partial charge on any atom is 0.250 e. The van der Waals surface area contributed by atoms with Gasteiger partial charge in [-0.1, -0.05) is 24.3 Å². The molecule has 21 heavy (non-hydrogen) atoms. The number of hydrogen-bond donors (Lipinski definition) is 3. The second kappa shape index (κ2) is 5.44. The van der Waals surface area contributed by atoms with Crippen LogP contribution in [0.4, 0.5) is 11.5 Å². The molecule has 1 aliphatic rings. The van der Waals surface area contributed by atoms with Gasteiger partial charge in [0.25, 0.3) is 5.91 Å². The fourth-order valence-electron chi connectivity index (χ4n) is 2.79. The monoisotopic (exact) mass is 282 g/mol. The number of nitrogens with zero attached hydrogens (tertiary/aromatic N) is 1. The van der Waals surface area contributed by atoms with Crippen molar-refractivity contribution < 1.29 is 4.79 Å². The van der Waals surface area contributed by atoms with Crippen LogP contribution in [-0.2, 0) is 12.8 Å². The number of nitrogens with two attached hydrogens (primary N) is 2. The van der Waals surface area contributed by atoms with Gasteiger partial charge < -0.3 is 16.8 Å². The number of rotatable bonds is 3. The smallest absolute Gasteiger partial charge is 0.250 e. The quantitative estimate of drug-likeness (QED) is 0.799. The molecular formula is C16H18N4O. The predicted octanol–water partition coefficient (Wildman–Crippen LogP) is 1.73. The number of amides is 1. The number of aromatic nitrogens is 1. The second-order valence-electron chi connectivity index (χ2n) is 5.37. The number of carbonyl (C=O) groups is 1. The van der Waals surface area contributed by atoms with Crippen molar-refractivity contribution in [2.75, 3.05) is 11.1 Å². The van der Waals surface area contributed by atoms with Gasteiger partial charge in [0, 0.05) is 6.04 Å². The molecule has 1 aromatic heterocycles. The number of hydrogen-bond acceptors (Lipinski definition) is 4. The van der Waals surface area contributed by atoms with Crippen molar-refractivity contribution in [3.05, 3.63) is 53.2 Å². The molecule has 0 bridgehead atoms. The highest BCUT2D eigenvalue weighted by Gasteiger charge is 2.19. The lowest BCUT2D eigenvalue weighted by molar-refractivity contribution is 0.100. The maximum atomic E-state index is 11.3. The van der Waals surface area contributed by atoms with Gasteiger partial charge in [0.05, 0.1) is 17.4 Å².